The highest BCUT2D eigenvalue weighted by atomic mass is 16.3. The Morgan fingerprint density at radius 2 is 2.21 bits per heavy atom. The van der Waals surface area contributed by atoms with Crippen molar-refractivity contribution in [3.8, 4) is 0 Å². The average Bonchev–Trinajstić information content (AvgIpc) is 3.28. The van der Waals surface area contributed by atoms with Crippen molar-refractivity contribution < 1.29 is 9.90 Å². The first kappa shape index (κ1) is 19.3. The molecule has 152 valence electrons. The molecule has 0 aromatic carbocycles. The molecule has 1 aliphatic heterocycles. The van der Waals surface area contributed by atoms with Crippen LogP contribution >= 0.6 is 0 Å². The van der Waals surface area contributed by atoms with Gasteiger partial charge in [0.15, 0.2) is 0 Å². The maximum Gasteiger partial charge on any atom is 0.257 e. The van der Waals surface area contributed by atoms with Crippen LogP contribution in [0, 0.1) is 0 Å². The third kappa shape index (κ3) is 3.77. The third-order valence-corrected chi connectivity index (χ3v) is 5.25. The number of fused-ring (bicyclic) bond motifs is 1. The van der Waals surface area contributed by atoms with Gasteiger partial charge in [-0.05, 0) is 25.0 Å². The summed E-state index contributed by atoms with van der Waals surface area (Å²) in [6, 6.07) is 3.65. The Hall–Kier alpha value is -3.07. The molecule has 1 N–H and O–H groups in total. The molecule has 1 amide bonds. The summed E-state index contributed by atoms with van der Waals surface area (Å²) in [5, 5.41) is 19.4. The van der Waals surface area contributed by atoms with Crippen molar-refractivity contribution in [3.63, 3.8) is 0 Å². The summed E-state index contributed by atoms with van der Waals surface area (Å²) in [6.45, 7) is 3.84. The highest BCUT2D eigenvalue weighted by Gasteiger charge is 2.26. The van der Waals surface area contributed by atoms with Gasteiger partial charge in [-0.15, -0.1) is 0 Å². The normalized spacial score (nSPS) is 15.1. The van der Waals surface area contributed by atoms with E-state index in [0.29, 0.717) is 36.6 Å². The molecular weight excluding hydrogens is 370 g/mol. The summed E-state index contributed by atoms with van der Waals surface area (Å²) in [7, 11) is 1.79. The summed E-state index contributed by atoms with van der Waals surface area (Å²) < 4.78 is 3.52. The van der Waals surface area contributed by atoms with E-state index in [4.69, 9.17) is 0 Å². The first-order valence-electron chi connectivity index (χ1n) is 9.89. The maximum absolute atomic E-state index is 13.2. The van der Waals surface area contributed by atoms with Gasteiger partial charge >= 0.3 is 0 Å². The summed E-state index contributed by atoms with van der Waals surface area (Å²) in [4.78, 5) is 23.4. The zero-order chi connectivity index (χ0) is 20.4. The fourth-order valence-corrected chi connectivity index (χ4v) is 3.74. The van der Waals surface area contributed by atoms with Crippen LogP contribution in [0.25, 0.3) is 0 Å². The first-order chi connectivity index (χ1) is 14.1. The average molecular weight is 395 g/mol. The lowest BCUT2D eigenvalue weighted by Gasteiger charge is -2.21. The van der Waals surface area contributed by atoms with Gasteiger partial charge in [-0.1, -0.05) is 13.3 Å². The number of aromatic nitrogens is 6. The highest BCUT2D eigenvalue weighted by molar-refractivity contribution is 5.95. The van der Waals surface area contributed by atoms with Crippen molar-refractivity contribution in [3.05, 3.63) is 59.2 Å². The predicted molar refractivity (Wildman–Crippen MR) is 105 cm³/mol. The molecule has 0 spiro atoms. The van der Waals surface area contributed by atoms with Gasteiger partial charge in [0.05, 0.1) is 34.9 Å². The molecule has 3 aromatic rings. The number of aryl methyl sites for hydroxylation is 3. The summed E-state index contributed by atoms with van der Waals surface area (Å²) in [5.41, 5.74) is 3.50. The van der Waals surface area contributed by atoms with Gasteiger partial charge in [-0.25, -0.2) is 9.97 Å². The summed E-state index contributed by atoms with van der Waals surface area (Å²) >= 11 is 0. The molecule has 29 heavy (non-hydrogen) atoms. The van der Waals surface area contributed by atoms with Crippen molar-refractivity contribution in [2.75, 3.05) is 6.54 Å². The van der Waals surface area contributed by atoms with Crippen LogP contribution < -0.4 is 0 Å². The first-order valence-corrected chi connectivity index (χ1v) is 9.89. The molecule has 9 nitrogen and oxygen atoms in total. The molecule has 0 radical (unpaired) electrons. The Morgan fingerprint density at radius 1 is 1.34 bits per heavy atom. The van der Waals surface area contributed by atoms with Crippen molar-refractivity contribution in [2.24, 2.45) is 7.05 Å². The Kier molecular flexibility index (Phi) is 5.39. The third-order valence-electron chi connectivity index (χ3n) is 5.25. The van der Waals surface area contributed by atoms with Crippen molar-refractivity contribution >= 4 is 5.91 Å². The predicted octanol–water partition coefficient (Wildman–Crippen LogP) is 1.49. The van der Waals surface area contributed by atoms with Crippen molar-refractivity contribution in [1.29, 1.82) is 0 Å². The van der Waals surface area contributed by atoms with Crippen LogP contribution in [-0.2, 0) is 26.6 Å². The number of carbonyl (C=O) groups excluding carboxylic acids is 1. The minimum Gasteiger partial charge on any atom is -0.380 e. The van der Waals surface area contributed by atoms with Crippen LogP contribution in [0.4, 0.5) is 0 Å². The number of hydrogen-bond donors (Lipinski definition) is 1. The maximum atomic E-state index is 13.2. The van der Waals surface area contributed by atoms with E-state index in [1.165, 1.54) is 6.33 Å². The van der Waals surface area contributed by atoms with Gasteiger partial charge in [-0.2, -0.15) is 10.2 Å². The summed E-state index contributed by atoms with van der Waals surface area (Å²) in [6.07, 6.45) is 6.35. The number of rotatable bonds is 5. The van der Waals surface area contributed by atoms with E-state index < -0.39 is 6.10 Å². The highest BCUT2D eigenvalue weighted by Crippen LogP contribution is 2.24. The van der Waals surface area contributed by atoms with Gasteiger partial charge in [0.25, 0.3) is 5.91 Å². The fourth-order valence-electron chi connectivity index (χ4n) is 3.74. The van der Waals surface area contributed by atoms with E-state index in [2.05, 4.69) is 27.1 Å². The van der Waals surface area contributed by atoms with Crippen molar-refractivity contribution in [1.82, 2.24) is 34.4 Å². The fraction of sp³-hybridized carbons (Fsp3) is 0.450. The largest absolute Gasteiger partial charge is 0.380 e. The molecule has 0 bridgehead atoms. The Labute approximate surface area is 169 Å². The standard InChI is InChI=1S/C20H25N7O2/c1-3-5-16-15(11-21-13-22-16)20(29)26-8-4-9-27-14(12-26)10-17(24-27)19(28)18-6-7-23-25(18)2/h6-7,10-11,13,19,28H,3-5,8-9,12H2,1-2H3. The number of amides is 1. The quantitative estimate of drug-likeness (QED) is 0.702. The minimum absolute atomic E-state index is 0.0579. The molecule has 0 fully saturated rings. The number of hydrogen-bond acceptors (Lipinski definition) is 6. The Morgan fingerprint density at radius 3 is 2.97 bits per heavy atom. The molecule has 0 saturated heterocycles. The van der Waals surface area contributed by atoms with Crippen LogP contribution in [0.15, 0.2) is 30.9 Å². The smallest absolute Gasteiger partial charge is 0.257 e. The molecular formula is C20H25N7O2. The van der Waals surface area contributed by atoms with Crippen LogP contribution in [0.1, 0.15) is 59.0 Å². The molecule has 9 heteroatoms. The van der Waals surface area contributed by atoms with E-state index in [9.17, 15) is 9.90 Å². The molecule has 4 heterocycles. The molecule has 4 rings (SSSR count). The van der Waals surface area contributed by atoms with Crippen LogP contribution in [-0.4, -0.2) is 52.0 Å². The van der Waals surface area contributed by atoms with Gasteiger partial charge in [0, 0.05) is 32.5 Å². The van der Waals surface area contributed by atoms with E-state index in [1.54, 1.807) is 30.2 Å². The minimum atomic E-state index is -0.857. The number of carbonyl (C=O) groups is 1. The van der Waals surface area contributed by atoms with Gasteiger partial charge < -0.3 is 10.0 Å². The number of aliphatic hydroxyl groups excluding tert-OH is 1. The molecule has 1 aliphatic rings. The van der Waals surface area contributed by atoms with Crippen LogP contribution in [0.2, 0.25) is 0 Å². The lowest BCUT2D eigenvalue weighted by molar-refractivity contribution is 0.0743. The number of aliphatic hydroxyl groups is 1. The molecule has 1 unspecified atom stereocenters. The van der Waals surface area contributed by atoms with Gasteiger partial charge in [0.2, 0.25) is 0 Å². The van der Waals surface area contributed by atoms with E-state index in [-0.39, 0.29) is 5.91 Å². The van der Waals surface area contributed by atoms with E-state index >= 15 is 0 Å². The van der Waals surface area contributed by atoms with Gasteiger partial charge in [-0.3, -0.25) is 14.2 Å². The Bertz CT molecular complexity index is 1010. The van der Waals surface area contributed by atoms with Gasteiger partial charge in [0.1, 0.15) is 12.4 Å². The molecule has 3 aromatic heterocycles. The molecule has 0 saturated carbocycles. The second-order valence-corrected chi connectivity index (χ2v) is 7.28. The Balaban J connectivity index is 1.58. The second-order valence-electron chi connectivity index (χ2n) is 7.28. The van der Waals surface area contributed by atoms with Crippen LogP contribution in [0.3, 0.4) is 0 Å². The lowest BCUT2D eigenvalue weighted by Crippen LogP contribution is -2.31. The zero-order valence-corrected chi connectivity index (χ0v) is 16.7. The summed E-state index contributed by atoms with van der Waals surface area (Å²) in [5.74, 6) is -0.0579. The number of nitrogens with zero attached hydrogens (tertiary/aromatic N) is 7. The lowest BCUT2D eigenvalue weighted by atomic mass is 10.1. The van der Waals surface area contributed by atoms with Crippen LogP contribution in [0.5, 0.6) is 0 Å². The van der Waals surface area contributed by atoms with E-state index in [0.717, 1.165) is 30.7 Å². The SMILES string of the molecule is CCCc1ncncc1C(=O)N1CCCn2nc(C(O)c3ccnn3C)cc2C1. The monoisotopic (exact) mass is 395 g/mol. The second kappa shape index (κ2) is 8.12. The zero-order valence-electron chi connectivity index (χ0n) is 16.7. The molecule has 1 atom stereocenters. The van der Waals surface area contributed by atoms with Crippen molar-refractivity contribution in [2.45, 2.75) is 45.4 Å². The molecule has 0 aliphatic carbocycles. The van der Waals surface area contributed by atoms with E-state index in [1.807, 2.05) is 15.6 Å². The topological polar surface area (TPSA) is 102 Å².